The number of aliphatic hydroxyl groups excluding tert-OH is 1. The van der Waals surface area contributed by atoms with Crippen molar-refractivity contribution in [1.29, 1.82) is 0 Å². The van der Waals surface area contributed by atoms with E-state index in [1.165, 1.54) is 84.2 Å². The Morgan fingerprint density at radius 3 is 1.89 bits per heavy atom. The number of hydrogen-bond acceptors (Lipinski definition) is 16. The molecular weight excluding hydrogens is 1370 g/mol. The summed E-state index contributed by atoms with van der Waals surface area (Å²) >= 11 is 0. The quantitative estimate of drug-likeness (QED) is 0.0170. The van der Waals surface area contributed by atoms with Gasteiger partial charge in [-0.3, -0.25) is 62.5 Å². The largest absolute Gasteiger partial charge is 0.391 e. The summed E-state index contributed by atoms with van der Waals surface area (Å²) in [5.74, 6) is -9.73. The molecule has 2 aromatic heterocycles. The number of benzene rings is 2. The number of aromatic amines is 2. The van der Waals surface area contributed by atoms with Crippen LogP contribution < -0.4 is 81.4 Å². The number of carbonyl (C=O) groups excluding carboxylic acids is 12. The van der Waals surface area contributed by atoms with Crippen molar-refractivity contribution in [2.45, 2.75) is 261 Å². The number of rotatable bonds is 40. The molecule has 2 aromatic carbocycles. The lowest BCUT2D eigenvalue weighted by molar-refractivity contribution is -0.137. The van der Waals surface area contributed by atoms with E-state index < -0.39 is 138 Å². The highest BCUT2D eigenvalue weighted by molar-refractivity contribution is 5.99. The number of para-hydroxylation sites is 1. The number of unbranched alkanes of at least 4 members (excludes halogenated alkanes) is 13. The number of carbonyl (C=O) groups is 12. The number of nitrogens with two attached hydrogens (primary N) is 4. The summed E-state index contributed by atoms with van der Waals surface area (Å²) in [4.78, 5) is 183. The molecule has 0 aliphatic carbocycles. The van der Waals surface area contributed by atoms with E-state index in [1.807, 2.05) is 18.2 Å². The number of aromatic nitrogens is 3. The van der Waals surface area contributed by atoms with Gasteiger partial charge < -0.3 is 96.5 Å². The highest BCUT2D eigenvalue weighted by Gasteiger charge is 2.37. The van der Waals surface area contributed by atoms with Crippen LogP contribution in [0.5, 0.6) is 0 Å². The third kappa shape index (κ3) is 33.6. The van der Waals surface area contributed by atoms with E-state index in [1.54, 1.807) is 42.6 Å². The summed E-state index contributed by atoms with van der Waals surface area (Å²) in [6.07, 6.45) is 17.8. The Morgan fingerprint density at radius 1 is 0.636 bits per heavy atom. The van der Waals surface area contributed by atoms with Crippen molar-refractivity contribution in [3.05, 3.63) is 90.1 Å². The molecule has 1 saturated heterocycles. The van der Waals surface area contributed by atoms with Crippen molar-refractivity contribution in [2.75, 3.05) is 26.2 Å². The number of aliphatic hydroxyl groups is 1. The molecule has 0 radical (unpaired) electrons. The second-order valence-electron chi connectivity index (χ2n) is 27.6. The zero-order valence-electron chi connectivity index (χ0n) is 62.4. The van der Waals surface area contributed by atoms with E-state index in [9.17, 15) is 62.6 Å². The van der Waals surface area contributed by atoms with Gasteiger partial charge in [-0.2, -0.15) is 0 Å². The highest BCUT2D eigenvalue weighted by Crippen LogP contribution is 2.21. The average Bonchev–Trinajstić information content (AvgIpc) is 1.54. The fourth-order valence-electron chi connectivity index (χ4n) is 12.6. The van der Waals surface area contributed by atoms with Crippen LogP contribution in [0.2, 0.25) is 0 Å². The fourth-order valence-corrected chi connectivity index (χ4v) is 12.6. The predicted octanol–water partition coefficient (Wildman–Crippen LogP) is 1.42. The van der Waals surface area contributed by atoms with Gasteiger partial charge in [-0.05, 0) is 101 Å². The first-order valence-corrected chi connectivity index (χ1v) is 38.0. The monoisotopic (exact) mass is 1490 g/mol. The summed E-state index contributed by atoms with van der Waals surface area (Å²) in [6, 6.07) is 2.63. The van der Waals surface area contributed by atoms with E-state index in [2.05, 4.69) is 85.4 Å². The number of imidazole rings is 1. The number of primary amides is 1. The van der Waals surface area contributed by atoms with Crippen LogP contribution in [-0.4, -0.2) is 184 Å². The van der Waals surface area contributed by atoms with Gasteiger partial charge in [0.15, 0.2) is 5.96 Å². The maximum Gasteiger partial charge on any atom is 0.245 e. The van der Waals surface area contributed by atoms with Crippen LogP contribution in [0, 0.1) is 0 Å². The number of hydrogen-bond donors (Lipinski definition) is 18. The Hall–Kier alpha value is -9.98. The van der Waals surface area contributed by atoms with Gasteiger partial charge >= 0.3 is 0 Å². The molecule has 4 aromatic rings. The number of nitrogens with one attached hydrogen (secondary N) is 13. The molecule has 0 bridgehead atoms. The van der Waals surface area contributed by atoms with Crippen LogP contribution in [0.3, 0.4) is 0 Å². The van der Waals surface area contributed by atoms with E-state index in [0.717, 1.165) is 36.6 Å². The molecule has 590 valence electrons. The van der Waals surface area contributed by atoms with Crippen LogP contribution >= 0.6 is 0 Å². The van der Waals surface area contributed by atoms with Crippen molar-refractivity contribution in [1.82, 2.24) is 73.4 Å². The molecule has 0 unspecified atom stereocenters. The number of fused-ring (bicyclic) bond motifs is 1. The predicted molar refractivity (Wildman–Crippen MR) is 405 cm³/mol. The van der Waals surface area contributed by atoms with Crippen LogP contribution in [0.1, 0.15) is 198 Å². The lowest BCUT2D eigenvalue weighted by Crippen LogP contribution is -2.61. The van der Waals surface area contributed by atoms with Crippen molar-refractivity contribution in [3.63, 3.8) is 0 Å². The maximum atomic E-state index is 14.9. The molecule has 3 heterocycles. The Kier molecular flexibility index (Phi) is 40.1. The number of nitrogens with zero attached hydrogens (tertiary/aromatic N) is 2. The molecule has 0 spiro atoms. The second-order valence-corrected chi connectivity index (χ2v) is 27.6. The van der Waals surface area contributed by atoms with Gasteiger partial charge in [-0.1, -0.05) is 133 Å². The first-order valence-electron chi connectivity index (χ1n) is 38.0. The molecule has 12 amide bonds. The fraction of sp³-hybridized carbons (Fsp3) is 0.600. The van der Waals surface area contributed by atoms with E-state index in [-0.39, 0.29) is 109 Å². The molecule has 32 nitrogen and oxygen atoms in total. The molecule has 32 heteroatoms. The average molecular weight is 1490 g/mol. The summed E-state index contributed by atoms with van der Waals surface area (Å²) < 4.78 is 0. The van der Waals surface area contributed by atoms with Crippen LogP contribution in [-0.2, 0) is 76.8 Å². The molecule has 107 heavy (non-hydrogen) atoms. The first kappa shape index (κ1) is 87.7. The van der Waals surface area contributed by atoms with Crippen molar-refractivity contribution >= 4 is 87.7 Å². The summed E-state index contributed by atoms with van der Waals surface area (Å²) in [5.41, 5.74) is 25.7. The van der Waals surface area contributed by atoms with Crippen LogP contribution in [0.25, 0.3) is 10.9 Å². The Balaban J connectivity index is 1.43. The minimum absolute atomic E-state index is 0.000721. The number of amides is 12. The number of guanidine groups is 1. The molecule has 1 aliphatic rings. The molecule has 10 atom stereocenters. The van der Waals surface area contributed by atoms with Gasteiger partial charge in [0.05, 0.1) is 12.4 Å². The van der Waals surface area contributed by atoms with Crippen LogP contribution in [0.4, 0.5) is 0 Å². The van der Waals surface area contributed by atoms with E-state index in [4.69, 9.17) is 22.9 Å². The zero-order valence-corrected chi connectivity index (χ0v) is 62.4. The normalized spacial score (nSPS) is 19.3. The van der Waals surface area contributed by atoms with Crippen LogP contribution in [0.15, 0.2) is 78.3 Å². The molecule has 0 saturated carbocycles. The van der Waals surface area contributed by atoms with Crippen molar-refractivity contribution in [2.24, 2.45) is 27.9 Å². The minimum Gasteiger partial charge on any atom is -0.391 e. The molecule has 1 aliphatic heterocycles. The first-order chi connectivity index (χ1) is 51.5. The van der Waals surface area contributed by atoms with E-state index in [0.29, 0.717) is 29.7 Å². The Labute approximate surface area is 626 Å². The third-order valence-corrected chi connectivity index (χ3v) is 18.6. The summed E-state index contributed by atoms with van der Waals surface area (Å²) in [6.45, 7) is 4.69. The van der Waals surface area contributed by atoms with E-state index >= 15 is 0 Å². The minimum atomic E-state index is -1.73. The summed E-state index contributed by atoms with van der Waals surface area (Å²) in [7, 11) is 0. The number of aliphatic imine (C=N–C) groups is 1. The van der Waals surface area contributed by atoms with Gasteiger partial charge in [0.2, 0.25) is 70.9 Å². The van der Waals surface area contributed by atoms with Gasteiger partial charge in [-0.15, -0.1) is 0 Å². The summed E-state index contributed by atoms with van der Waals surface area (Å²) in [5, 5.41) is 41.4. The molecule has 22 N–H and O–H groups in total. The SMILES string of the molecule is CCCCCCCCCCCCCCCC(=O)NCCCC[C@H](NC(=O)[C@@H](NC(=O)[C@H](Cc1cnc[nH]1)NC(C)=O)[C@@H](C)O)C(=O)N[C@H]1CCC(=O)NCCCC[C@@H](C(N)=O)NC(=O)[C@H](Cc2c[nH]c3ccccc23)NC(=O)[C@H](CCCN=C(N)N)NC(=O)[C@@H](Cc2ccccc2)NC(=O)[C@H](CCN)NC1=O. The Bertz CT molecular complexity index is 3480. The van der Waals surface area contributed by atoms with Gasteiger partial charge in [0.1, 0.15) is 54.4 Å². The third-order valence-electron chi connectivity index (χ3n) is 18.6. The maximum absolute atomic E-state index is 14.9. The van der Waals surface area contributed by atoms with Crippen molar-refractivity contribution in [3.8, 4) is 0 Å². The lowest BCUT2D eigenvalue weighted by Gasteiger charge is -2.29. The smallest absolute Gasteiger partial charge is 0.245 e. The second kappa shape index (κ2) is 49.0. The molecule has 1 fully saturated rings. The standard InChI is InChI=1S/C75H117N19O13/c1-4-5-6-7-8-9-10-11-12-13-14-15-19-34-63(97)81-39-25-23-32-56(91-74(107)65(48(2)95)94-73(106)62(86-49(3)96)44-52-46-80-47-85-52)67(100)89-58-35-36-64(98)82-40-24-22-31-55(66(77)99)87-72(105)61(43-51-45-84-54-30-21-20-29-53(51)54)93-68(101)57(33-26-41-83-75(78)79)88-71(104)60(42-50-27-17-16-18-28-50)92-70(103)59(37-38-76)90-69(58)102/h16-18,20-21,27-30,45-48,55-62,65,84,95H,4-15,19,22-26,31-44,76H2,1-3H3,(H2,77,99)(H,80,85)(H,81,97)(H,82,98)(H,86,96)(H,87,105)(H,88,104)(H,89,100)(H,90,102)(H,91,107)(H,92,103)(H,93,101)(H,94,106)(H4,78,79,83)/t48-,55+,56+,57+,58+,59+,60-,61+,62+,65+/m1/s1. The van der Waals surface area contributed by atoms with Gasteiger partial charge in [0.25, 0.3) is 0 Å². The highest BCUT2D eigenvalue weighted by atomic mass is 16.3. The Morgan fingerprint density at radius 2 is 1.25 bits per heavy atom. The van der Waals surface area contributed by atoms with Crippen molar-refractivity contribution < 1.29 is 62.6 Å². The zero-order chi connectivity index (χ0) is 77.9. The lowest BCUT2D eigenvalue weighted by atomic mass is 10.0. The molecular formula is C75H117N19O13. The van der Waals surface area contributed by atoms with Gasteiger partial charge in [0, 0.05) is 87.7 Å². The topological polar surface area (TPSA) is 518 Å². The number of H-pyrrole nitrogens is 2. The molecule has 5 rings (SSSR count). The van der Waals surface area contributed by atoms with Gasteiger partial charge in [-0.25, -0.2) is 4.98 Å².